The van der Waals surface area contributed by atoms with Crippen molar-refractivity contribution >= 4 is 23.2 Å². The molecule has 0 saturated heterocycles. The number of aromatic nitrogens is 2. The van der Waals surface area contributed by atoms with E-state index in [4.69, 9.17) is 25.8 Å². The third-order valence-corrected chi connectivity index (χ3v) is 5.18. The molecule has 0 radical (unpaired) electrons. The molecule has 0 aliphatic heterocycles. The number of nitrogens with zero attached hydrogens (tertiary/aromatic N) is 2. The van der Waals surface area contributed by atoms with Crippen molar-refractivity contribution < 1.29 is 19.0 Å². The molecular weight excluding hydrogens is 454 g/mol. The van der Waals surface area contributed by atoms with Crippen LogP contribution in [0.5, 0.6) is 23.3 Å². The Morgan fingerprint density at radius 2 is 1.74 bits per heavy atom. The molecule has 0 atom stereocenters. The number of carbonyl (C=O) groups is 1. The molecule has 1 amide bonds. The third-order valence-electron chi connectivity index (χ3n) is 4.93. The van der Waals surface area contributed by atoms with Crippen molar-refractivity contribution in [1.29, 1.82) is 0 Å². The van der Waals surface area contributed by atoms with Crippen LogP contribution in [0, 0.1) is 6.92 Å². The minimum atomic E-state index is -0.272. The first-order valence-corrected chi connectivity index (χ1v) is 10.8. The zero-order valence-electron chi connectivity index (χ0n) is 18.6. The van der Waals surface area contributed by atoms with Gasteiger partial charge in [0.2, 0.25) is 0 Å². The second kappa shape index (κ2) is 10.7. The van der Waals surface area contributed by atoms with Crippen LogP contribution in [0.1, 0.15) is 21.5 Å². The van der Waals surface area contributed by atoms with E-state index in [9.17, 15) is 4.79 Å². The van der Waals surface area contributed by atoms with E-state index in [2.05, 4.69) is 15.3 Å². The highest BCUT2D eigenvalue weighted by atomic mass is 35.5. The zero-order valence-corrected chi connectivity index (χ0v) is 19.4. The van der Waals surface area contributed by atoms with Gasteiger partial charge in [-0.05, 0) is 72.6 Å². The average Bonchev–Trinajstić information content (AvgIpc) is 2.86. The summed E-state index contributed by atoms with van der Waals surface area (Å²) in [5, 5.41) is 3.58. The Balaban J connectivity index is 1.42. The van der Waals surface area contributed by atoms with Gasteiger partial charge < -0.3 is 19.5 Å². The molecule has 0 saturated carbocycles. The lowest BCUT2D eigenvalue weighted by atomic mass is 10.1. The van der Waals surface area contributed by atoms with Crippen molar-refractivity contribution in [2.75, 3.05) is 12.4 Å². The molecule has 1 aromatic heterocycles. The van der Waals surface area contributed by atoms with Crippen LogP contribution in [0.2, 0.25) is 5.02 Å². The van der Waals surface area contributed by atoms with Crippen LogP contribution in [-0.2, 0) is 6.61 Å². The number of halogens is 1. The normalized spacial score (nSPS) is 10.4. The van der Waals surface area contributed by atoms with Gasteiger partial charge in [0.25, 0.3) is 5.91 Å². The van der Waals surface area contributed by atoms with Crippen LogP contribution >= 0.6 is 11.6 Å². The van der Waals surface area contributed by atoms with Gasteiger partial charge in [-0.3, -0.25) is 4.79 Å². The fourth-order valence-electron chi connectivity index (χ4n) is 3.15. The van der Waals surface area contributed by atoms with Crippen molar-refractivity contribution in [2.45, 2.75) is 13.5 Å². The summed E-state index contributed by atoms with van der Waals surface area (Å²) in [5.41, 5.74) is 2.90. The van der Waals surface area contributed by atoms with E-state index in [0.29, 0.717) is 40.1 Å². The first kappa shape index (κ1) is 23.1. The Labute approximate surface area is 202 Å². The molecule has 0 fully saturated rings. The topological polar surface area (TPSA) is 82.6 Å². The van der Waals surface area contributed by atoms with Gasteiger partial charge in [0.15, 0.2) is 11.5 Å². The van der Waals surface area contributed by atoms with Crippen LogP contribution in [-0.4, -0.2) is 23.0 Å². The van der Waals surface area contributed by atoms with Crippen LogP contribution in [0.4, 0.5) is 5.69 Å². The molecule has 1 heterocycles. The van der Waals surface area contributed by atoms with Gasteiger partial charge in [0, 0.05) is 28.7 Å². The summed E-state index contributed by atoms with van der Waals surface area (Å²) < 4.78 is 16.9. The van der Waals surface area contributed by atoms with E-state index in [1.807, 2.05) is 19.1 Å². The Morgan fingerprint density at radius 1 is 0.971 bits per heavy atom. The summed E-state index contributed by atoms with van der Waals surface area (Å²) >= 11 is 5.92. The lowest BCUT2D eigenvalue weighted by Crippen LogP contribution is -2.13. The fourth-order valence-corrected chi connectivity index (χ4v) is 3.27. The predicted molar refractivity (Wildman–Crippen MR) is 130 cm³/mol. The van der Waals surface area contributed by atoms with Gasteiger partial charge >= 0.3 is 6.01 Å². The smallest absolute Gasteiger partial charge is 0.321 e. The first-order valence-electron chi connectivity index (χ1n) is 10.4. The summed E-state index contributed by atoms with van der Waals surface area (Å²) in [7, 11) is 1.53. The number of methoxy groups -OCH3 is 1. The number of ether oxygens (including phenoxy) is 3. The Bertz CT molecular complexity index is 1280. The van der Waals surface area contributed by atoms with Gasteiger partial charge in [-0.25, -0.2) is 9.97 Å². The molecule has 172 valence electrons. The molecule has 0 spiro atoms. The quantitative estimate of drug-likeness (QED) is 0.333. The highest BCUT2D eigenvalue weighted by Gasteiger charge is 2.13. The molecular formula is C26H22ClN3O4. The van der Waals surface area contributed by atoms with Crippen molar-refractivity contribution in [3.8, 4) is 23.3 Å². The molecule has 0 bridgehead atoms. The number of aryl methyl sites for hydroxylation is 1. The van der Waals surface area contributed by atoms with Gasteiger partial charge in [0.1, 0.15) is 12.4 Å². The van der Waals surface area contributed by atoms with Gasteiger partial charge in [0.05, 0.1) is 7.11 Å². The number of amides is 1. The van der Waals surface area contributed by atoms with Crippen molar-refractivity contribution in [3.63, 3.8) is 0 Å². The molecule has 0 aliphatic carbocycles. The van der Waals surface area contributed by atoms with Gasteiger partial charge in [-0.1, -0.05) is 23.7 Å². The number of hydrogen-bond acceptors (Lipinski definition) is 6. The third kappa shape index (κ3) is 5.82. The maximum Gasteiger partial charge on any atom is 0.321 e. The predicted octanol–water partition coefficient (Wildman–Crippen LogP) is 6.07. The first-order chi connectivity index (χ1) is 16.5. The van der Waals surface area contributed by atoms with E-state index in [-0.39, 0.29) is 11.9 Å². The minimum absolute atomic E-state index is 0.254. The Morgan fingerprint density at radius 3 is 2.44 bits per heavy atom. The maximum atomic E-state index is 12.9. The summed E-state index contributed by atoms with van der Waals surface area (Å²) in [4.78, 5) is 20.9. The van der Waals surface area contributed by atoms with Crippen LogP contribution in [0.25, 0.3) is 0 Å². The van der Waals surface area contributed by atoms with Crippen molar-refractivity contribution in [1.82, 2.24) is 9.97 Å². The van der Waals surface area contributed by atoms with Gasteiger partial charge in [-0.15, -0.1) is 0 Å². The summed E-state index contributed by atoms with van der Waals surface area (Å²) in [5.74, 6) is 1.30. The average molecular weight is 476 g/mol. The van der Waals surface area contributed by atoms with Crippen LogP contribution in [0.15, 0.2) is 79.1 Å². The van der Waals surface area contributed by atoms with E-state index >= 15 is 0 Å². The van der Waals surface area contributed by atoms with E-state index < -0.39 is 0 Å². The Hall–Kier alpha value is -4.10. The van der Waals surface area contributed by atoms with E-state index in [0.717, 1.165) is 11.1 Å². The molecule has 0 aliphatic rings. The largest absolute Gasteiger partial charge is 0.493 e. The SMILES string of the molecule is COc1cc(C(=O)Nc2ccc(Oc3ncccn3)cc2C)ccc1OCc1ccc(Cl)cc1. The van der Waals surface area contributed by atoms with Crippen LogP contribution < -0.4 is 19.5 Å². The van der Waals surface area contributed by atoms with Crippen molar-refractivity contribution in [3.05, 3.63) is 101 Å². The second-order valence-electron chi connectivity index (χ2n) is 7.35. The second-order valence-corrected chi connectivity index (χ2v) is 7.78. The van der Waals surface area contributed by atoms with Gasteiger partial charge in [-0.2, -0.15) is 0 Å². The molecule has 4 rings (SSSR count). The number of benzene rings is 3. The summed E-state index contributed by atoms with van der Waals surface area (Å²) in [6.07, 6.45) is 3.21. The number of nitrogens with one attached hydrogen (secondary N) is 1. The maximum absolute atomic E-state index is 12.9. The molecule has 1 N–H and O–H groups in total. The van der Waals surface area contributed by atoms with E-state index in [1.54, 1.807) is 67.0 Å². The van der Waals surface area contributed by atoms with Crippen LogP contribution in [0.3, 0.4) is 0 Å². The minimum Gasteiger partial charge on any atom is -0.493 e. The number of hydrogen-bond donors (Lipinski definition) is 1. The number of anilines is 1. The molecule has 8 heteroatoms. The lowest BCUT2D eigenvalue weighted by molar-refractivity contribution is 0.102. The number of rotatable bonds is 8. The molecule has 3 aromatic carbocycles. The monoisotopic (exact) mass is 475 g/mol. The molecule has 34 heavy (non-hydrogen) atoms. The van der Waals surface area contributed by atoms with E-state index in [1.165, 1.54) is 7.11 Å². The Kier molecular flexibility index (Phi) is 7.25. The molecule has 0 unspecified atom stereocenters. The molecule has 4 aromatic rings. The lowest BCUT2D eigenvalue weighted by Gasteiger charge is -2.13. The highest BCUT2D eigenvalue weighted by Crippen LogP contribution is 2.30. The number of carbonyl (C=O) groups excluding carboxylic acids is 1. The fraction of sp³-hybridized carbons (Fsp3) is 0.115. The summed E-state index contributed by atoms with van der Waals surface area (Å²) in [6, 6.07) is 19.7. The van der Waals surface area contributed by atoms with Crippen molar-refractivity contribution in [2.24, 2.45) is 0 Å². The highest BCUT2D eigenvalue weighted by molar-refractivity contribution is 6.30. The zero-order chi connectivity index (χ0) is 23.9. The summed E-state index contributed by atoms with van der Waals surface area (Å²) in [6.45, 7) is 2.23. The molecule has 7 nitrogen and oxygen atoms in total. The standard InChI is InChI=1S/C26H22ClN3O4/c1-17-14-21(34-26-28-12-3-13-29-26)9-10-22(17)30-25(31)19-6-11-23(24(15-19)32-2)33-16-18-4-7-20(27)8-5-18/h3-15H,16H2,1-2H3,(H,30,31).